The monoisotopic (exact) mass is 411 g/mol. The Morgan fingerprint density at radius 3 is 2.58 bits per heavy atom. The molecular weight excluding hydrogens is 390 g/mol. The lowest BCUT2D eigenvalue weighted by atomic mass is 10.1. The number of thioether (sulfide) groups is 1. The minimum absolute atomic E-state index is 0.0893. The number of hydrogen-bond acceptors (Lipinski definition) is 5. The van der Waals surface area contributed by atoms with Crippen LogP contribution in [0.15, 0.2) is 29.2 Å². The van der Waals surface area contributed by atoms with E-state index >= 15 is 0 Å². The summed E-state index contributed by atoms with van der Waals surface area (Å²) in [5.41, 5.74) is 1.33. The summed E-state index contributed by atoms with van der Waals surface area (Å²) in [4.78, 5) is 26.5. The van der Waals surface area contributed by atoms with Gasteiger partial charge in [-0.3, -0.25) is 4.79 Å². The van der Waals surface area contributed by atoms with Crippen LogP contribution in [-0.4, -0.2) is 24.2 Å². The molecule has 0 bridgehead atoms. The number of anilines is 1. The third kappa shape index (κ3) is 5.76. The highest BCUT2D eigenvalue weighted by Gasteiger charge is 2.21. The van der Waals surface area contributed by atoms with Crippen molar-refractivity contribution in [2.24, 2.45) is 0 Å². The van der Waals surface area contributed by atoms with Gasteiger partial charge in [0.15, 0.2) is 0 Å². The summed E-state index contributed by atoms with van der Waals surface area (Å²) in [7, 11) is 0. The van der Waals surface area contributed by atoms with E-state index in [1.807, 2.05) is 38.1 Å². The second-order valence-electron chi connectivity index (χ2n) is 5.66. The molecule has 0 aliphatic carbocycles. The predicted octanol–water partition coefficient (Wildman–Crippen LogP) is 5.71. The minimum atomic E-state index is -0.386. The van der Waals surface area contributed by atoms with Crippen LogP contribution in [0.3, 0.4) is 0 Å². The molecule has 140 valence electrons. The van der Waals surface area contributed by atoms with Crippen LogP contribution in [0.2, 0.25) is 5.02 Å². The largest absolute Gasteiger partial charge is 0.462 e. The fourth-order valence-corrected chi connectivity index (χ4v) is 4.35. The standard InChI is InChI=1S/C19H22ClNO3S2/c1-4-24-19(23)17-12(2)13(3)26-18(17)21-16(22)6-5-11-25-15-9-7-14(20)8-10-15/h7-10H,4-6,11H2,1-3H3,(H,21,22). The number of benzene rings is 1. The summed E-state index contributed by atoms with van der Waals surface area (Å²) in [5, 5.41) is 4.16. The Labute approximate surface area is 167 Å². The molecule has 0 aliphatic rings. The summed E-state index contributed by atoms with van der Waals surface area (Å²) in [6.45, 7) is 5.88. The van der Waals surface area contributed by atoms with Crippen LogP contribution < -0.4 is 5.32 Å². The summed E-state index contributed by atoms with van der Waals surface area (Å²) < 4.78 is 5.10. The van der Waals surface area contributed by atoms with Gasteiger partial charge in [0.25, 0.3) is 0 Å². The van der Waals surface area contributed by atoms with E-state index in [1.165, 1.54) is 11.3 Å². The summed E-state index contributed by atoms with van der Waals surface area (Å²) in [6, 6.07) is 7.65. The van der Waals surface area contributed by atoms with Gasteiger partial charge >= 0.3 is 5.97 Å². The van der Waals surface area contributed by atoms with E-state index in [1.54, 1.807) is 18.7 Å². The van der Waals surface area contributed by atoms with Crippen LogP contribution in [0.1, 0.15) is 40.6 Å². The molecule has 0 unspecified atom stereocenters. The van der Waals surface area contributed by atoms with E-state index in [9.17, 15) is 9.59 Å². The zero-order chi connectivity index (χ0) is 19.1. The number of carbonyl (C=O) groups is 2. The average Bonchev–Trinajstić information content (AvgIpc) is 2.87. The molecule has 0 saturated heterocycles. The first kappa shape index (κ1) is 20.8. The minimum Gasteiger partial charge on any atom is -0.462 e. The van der Waals surface area contributed by atoms with Crippen molar-refractivity contribution in [2.45, 2.75) is 38.5 Å². The Balaban J connectivity index is 1.86. The van der Waals surface area contributed by atoms with Crippen LogP contribution in [-0.2, 0) is 9.53 Å². The Bertz CT molecular complexity index is 772. The van der Waals surface area contributed by atoms with Crippen LogP contribution >= 0.6 is 34.7 Å². The smallest absolute Gasteiger partial charge is 0.341 e. The number of halogens is 1. The Morgan fingerprint density at radius 2 is 1.92 bits per heavy atom. The van der Waals surface area contributed by atoms with Crippen molar-refractivity contribution in [3.05, 3.63) is 45.3 Å². The SMILES string of the molecule is CCOC(=O)c1c(NC(=O)CCCSc2ccc(Cl)cc2)sc(C)c1C. The Hall–Kier alpha value is -1.50. The summed E-state index contributed by atoms with van der Waals surface area (Å²) in [5.74, 6) is 0.360. The first-order valence-corrected chi connectivity index (χ1v) is 10.6. The first-order chi connectivity index (χ1) is 12.4. The molecule has 0 atom stereocenters. The molecule has 26 heavy (non-hydrogen) atoms. The number of nitrogens with one attached hydrogen (secondary N) is 1. The predicted molar refractivity (Wildman–Crippen MR) is 110 cm³/mol. The quantitative estimate of drug-likeness (QED) is 0.343. The molecule has 0 fully saturated rings. The fraction of sp³-hybridized carbons (Fsp3) is 0.368. The lowest BCUT2D eigenvalue weighted by molar-refractivity contribution is -0.116. The van der Waals surface area contributed by atoms with Gasteiger partial charge in [0.05, 0.1) is 12.2 Å². The van der Waals surface area contributed by atoms with Gasteiger partial charge in [-0.15, -0.1) is 23.1 Å². The van der Waals surface area contributed by atoms with Gasteiger partial charge in [-0.25, -0.2) is 4.79 Å². The van der Waals surface area contributed by atoms with Gasteiger partial charge in [0, 0.05) is 21.2 Å². The number of carbonyl (C=O) groups excluding carboxylic acids is 2. The lowest BCUT2D eigenvalue weighted by Crippen LogP contribution is -2.14. The molecule has 2 rings (SSSR count). The van der Waals surface area contributed by atoms with Crippen molar-refractivity contribution in [1.82, 2.24) is 0 Å². The molecule has 1 aromatic heterocycles. The molecular formula is C19H22ClNO3S2. The van der Waals surface area contributed by atoms with Crippen LogP contribution in [0.5, 0.6) is 0 Å². The van der Waals surface area contributed by atoms with Crippen molar-refractivity contribution in [2.75, 3.05) is 17.7 Å². The maximum atomic E-state index is 12.2. The maximum absolute atomic E-state index is 12.2. The van der Waals surface area contributed by atoms with Crippen molar-refractivity contribution in [3.8, 4) is 0 Å². The van der Waals surface area contributed by atoms with Gasteiger partial charge in [-0.2, -0.15) is 0 Å². The van der Waals surface area contributed by atoms with E-state index in [0.717, 1.165) is 27.5 Å². The highest BCUT2D eigenvalue weighted by Crippen LogP contribution is 2.33. The number of rotatable bonds is 8. The molecule has 7 heteroatoms. The first-order valence-electron chi connectivity index (χ1n) is 8.37. The number of amides is 1. The van der Waals surface area contributed by atoms with Crippen molar-refractivity contribution >= 4 is 51.6 Å². The van der Waals surface area contributed by atoms with Gasteiger partial charge in [-0.05, 0) is 62.8 Å². The zero-order valence-corrected chi connectivity index (χ0v) is 17.4. The molecule has 0 radical (unpaired) electrons. The van der Waals surface area contributed by atoms with E-state index in [4.69, 9.17) is 16.3 Å². The second-order valence-corrected chi connectivity index (χ2v) is 8.49. The van der Waals surface area contributed by atoms with Crippen LogP contribution in [0.4, 0.5) is 5.00 Å². The highest BCUT2D eigenvalue weighted by atomic mass is 35.5. The van der Waals surface area contributed by atoms with E-state index in [2.05, 4.69) is 5.32 Å². The van der Waals surface area contributed by atoms with E-state index in [0.29, 0.717) is 28.6 Å². The molecule has 0 saturated carbocycles. The molecule has 1 amide bonds. The molecule has 0 spiro atoms. The third-order valence-electron chi connectivity index (χ3n) is 3.75. The Kier molecular flexibility index (Phi) is 8.00. The molecule has 1 N–H and O–H groups in total. The van der Waals surface area contributed by atoms with Crippen molar-refractivity contribution < 1.29 is 14.3 Å². The fourth-order valence-electron chi connectivity index (χ4n) is 2.31. The highest BCUT2D eigenvalue weighted by molar-refractivity contribution is 7.99. The van der Waals surface area contributed by atoms with Crippen LogP contribution in [0.25, 0.3) is 0 Å². The number of aryl methyl sites for hydroxylation is 1. The number of ether oxygens (including phenoxy) is 1. The Morgan fingerprint density at radius 1 is 1.23 bits per heavy atom. The van der Waals surface area contributed by atoms with Crippen molar-refractivity contribution in [1.29, 1.82) is 0 Å². The summed E-state index contributed by atoms with van der Waals surface area (Å²) in [6.07, 6.45) is 1.15. The maximum Gasteiger partial charge on any atom is 0.341 e. The van der Waals surface area contributed by atoms with E-state index in [-0.39, 0.29) is 11.9 Å². The topological polar surface area (TPSA) is 55.4 Å². The van der Waals surface area contributed by atoms with Gasteiger partial charge in [0.2, 0.25) is 5.91 Å². The van der Waals surface area contributed by atoms with Crippen LogP contribution in [0, 0.1) is 13.8 Å². The second kappa shape index (κ2) is 10.00. The average molecular weight is 412 g/mol. The molecule has 1 heterocycles. The summed E-state index contributed by atoms with van der Waals surface area (Å²) >= 11 is 8.96. The van der Waals surface area contributed by atoms with E-state index < -0.39 is 0 Å². The van der Waals surface area contributed by atoms with Gasteiger partial charge in [-0.1, -0.05) is 11.6 Å². The third-order valence-corrected chi connectivity index (χ3v) is 6.22. The molecule has 1 aromatic carbocycles. The molecule has 4 nitrogen and oxygen atoms in total. The number of hydrogen-bond donors (Lipinski definition) is 1. The normalized spacial score (nSPS) is 10.6. The molecule has 2 aromatic rings. The van der Waals surface area contributed by atoms with Gasteiger partial charge in [0.1, 0.15) is 5.00 Å². The van der Waals surface area contributed by atoms with Crippen molar-refractivity contribution in [3.63, 3.8) is 0 Å². The lowest BCUT2D eigenvalue weighted by Gasteiger charge is -2.07. The van der Waals surface area contributed by atoms with Gasteiger partial charge < -0.3 is 10.1 Å². The number of esters is 1. The zero-order valence-electron chi connectivity index (χ0n) is 15.1. The number of thiophene rings is 1. The molecule has 0 aliphatic heterocycles.